The molecule has 4 rings (SSSR count). The summed E-state index contributed by atoms with van der Waals surface area (Å²) in [7, 11) is 0. The van der Waals surface area contributed by atoms with E-state index in [1.54, 1.807) is 6.07 Å². The molecule has 0 atom stereocenters. The third-order valence-corrected chi connectivity index (χ3v) is 5.67. The molecule has 36 heavy (non-hydrogen) atoms. The third kappa shape index (κ3) is 6.08. The highest BCUT2D eigenvalue weighted by molar-refractivity contribution is 6.04. The fraction of sp³-hybridized carbons (Fsp3) is 0.292. The quantitative estimate of drug-likeness (QED) is 0.411. The molecule has 2 heterocycles. The molecule has 192 valence electrons. The number of alkyl halides is 3. The van der Waals surface area contributed by atoms with Gasteiger partial charge in [-0.1, -0.05) is 6.07 Å². The molecule has 0 bridgehead atoms. The average molecular weight is 529 g/mol. The number of nitrogens with zero attached hydrogens (tertiary/aromatic N) is 2. The first-order chi connectivity index (χ1) is 16.6. The van der Waals surface area contributed by atoms with Crippen molar-refractivity contribution in [2.24, 2.45) is 5.73 Å². The maximum Gasteiger partial charge on any atom is 0.418 e. The maximum absolute atomic E-state index is 14.3. The van der Waals surface area contributed by atoms with E-state index in [-0.39, 0.29) is 30.2 Å². The number of hydrogen-bond acceptors (Lipinski definition) is 5. The molecule has 2 aromatic heterocycles. The van der Waals surface area contributed by atoms with Crippen molar-refractivity contribution in [1.29, 1.82) is 0 Å². The van der Waals surface area contributed by atoms with Crippen molar-refractivity contribution in [3.05, 3.63) is 71.7 Å². The van der Waals surface area contributed by atoms with Gasteiger partial charge in [-0.15, -0.1) is 12.4 Å². The summed E-state index contributed by atoms with van der Waals surface area (Å²) >= 11 is 0. The van der Waals surface area contributed by atoms with Crippen molar-refractivity contribution in [2.75, 3.05) is 5.32 Å². The average Bonchev–Trinajstić information content (AvgIpc) is 2.81. The van der Waals surface area contributed by atoms with Gasteiger partial charge in [0.15, 0.2) is 0 Å². The zero-order valence-electron chi connectivity index (χ0n) is 18.7. The van der Waals surface area contributed by atoms with E-state index in [2.05, 4.69) is 15.3 Å². The maximum atomic E-state index is 14.3. The van der Waals surface area contributed by atoms with Crippen LogP contribution in [0.2, 0.25) is 0 Å². The molecule has 1 amide bonds. The number of nitrogens with two attached hydrogens (primary N) is 1. The van der Waals surface area contributed by atoms with Crippen LogP contribution in [0.3, 0.4) is 0 Å². The number of carbonyl (C=O) groups is 1. The Morgan fingerprint density at radius 1 is 1.03 bits per heavy atom. The van der Waals surface area contributed by atoms with Crippen molar-refractivity contribution in [3.8, 4) is 17.0 Å². The number of pyridine rings is 2. The molecule has 0 aliphatic heterocycles. The molecule has 1 fully saturated rings. The highest BCUT2D eigenvalue weighted by Gasteiger charge is 2.36. The zero-order chi connectivity index (χ0) is 25.2. The van der Waals surface area contributed by atoms with Crippen molar-refractivity contribution < 1.29 is 31.5 Å². The highest BCUT2D eigenvalue weighted by atomic mass is 35.5. The molecule has 0 unspecified atom stereocenters. The molecule has 3 aromatic rings. The van der Waals surface area contributed by atoms with Gasteiger partial charge in [0.2, 0.25) is 0 Å². The second-order valence-corrected chi connectivity index (χ2v) is 8.17. The van der Waals surface area contributed by atoms with Gasteiger partial charge in [0, 0.05) is 18.3 Å². The lowest BCUT2D eigenvalue weighted by Crippen LogP contribution is -2.31. The van der Waals surface area contributed by atoms with Crippen molar-refractivity contribution >= 4 is 24.0 Å². The van der Waals surface area contributed by atoms with Gasteiger partial charge in [-0.05, 0) is 49.9 Å². The minimum Gasteiger partial charge on any atom is -0.488 e. The fourth-order valence-corrected chi connectivity index (χ4v) is 3.88. The van der Waals surface area contributed by atoms with E-state index in [9.17, 15) is 26.7 Å². The van der Waals surface area contributed by atoms with Crippen LogP contribution in [0.1, 0.15) is 41.7 Å². The van der Waals surface area contributed by atoms with Gasteiger partial charge < -0.3 is 15.8 Å². The lowest BCUT2D eigenvalue weighted by atomic mass is 9.94. The Bertz CT molecular complexity index is 1210. The number of anilines is 1. The van der Waals surface area contributed by atoms with Gasteiger partial charge in [-0.3, -0.25) is 9.78 Å². The number of rotatable bonds is 5. The van der Waals surface area contributed by atoms with E-state index in [1.807, 2.05) is 0 Å². The van der Waals surface area contributed by atoms with E-state index in [4.69, 9.17) is 10.5 Å². The zero-order valence-corrected chi connectivity index (χ0v) is 19.5. The molecule has 6 nitrogen and oxygen atoms in total. The normalized spacial score (nSPS) is 17.7. The van der Waals surface area contributed by atoms with Gasteiger partial charge >= 0.3 is 6.18 Å². The topological polar surface area (TPSA) is 90.1 Å². The predicted octanol–water partition coefficient (Wildman–Crippen LogP) is 5.76. The van der Waals surface area contributed by atoms with Crippen LogP contribution in [0.5, 0.6) is 5.75 Å². The SMILES string of the molecule is Cl.NC1CCC(Oc2ccncc2NC(=O)c2ccc(C(F)(F)F)c(-c3c(F)cccc3F)n2)CC1. The molecule has 0 radical (unpaired) electrons. The van der Waals surface area contributed by atoms with Crippen LogP contribution >= 0.6 is 12.4 Å². The van der Waals surface area contributed by atoms with Crippen LogP contribution < -0.4 is 15.8 Å². The minimum atomic E-state index is -4.96. The van der Waals surface area contributed by atoms with Gasteiger partial charge in [0.1, 0.15) is 28.8 Å². The van der Waals surface area contributed by atoms with E-state index in [0.717, 1.165) is 49.9 Å². The number of ether oxygens (including phenoxy) is 1. The molecule has 1 saturated carbocycles. The number of aromatic nitrogens is 2. The Balaban J connectivity index is 0.00000361. The summed E-state index contributed by atoms with van der Waals surface area (Å²) < 4.78 is 75.3. The second-order valence-electron chi connectivity index (χ2n) is 8.17. The molecule has 3 N–H and O–H groups in total. The number of hydrogen-bond donors (Lipinski definition) is 2. The lowest BCUT2D eigenvalue weighted by molar-refractivity contribution is -0.137. The summed E-state index contributed by atoms with van der Waals surface area (Å²) in [6.07, 6.45) is 0.763. The Labute approximate surface area is 209 Å². The molecular formula is C24H22ClF5N4O2. The molecular weight excluding hydrogens is 507 g/mol. The smallest absolute Gasteiger partial charge is 0.418 e. The minimum absolute atomic E-state index is 0. The number of benzene rings is 1. The summed E-state index contributed by atoms with van der Waals surface area (Å²) in [5.41, 5.74) is 2.23. The van der Waals surface area contributed by atoms with Crippen LogP contribution in [0.25, 0.3) is 11.3 Å². The van der Waals surface area contributed by atoms with Crippen LogP contribution in [0, 0.1) is 11.6 Å². The van der Waals surface area contributed by atoms with E-state index >= 15 is 0 Å². The first kappa shape index (κ1) is 27.3. The first-order valence-corrected chi connectivity index (χ1v) is 10.8. The van der Waals surface area contributed by atoms with Crippen molar-refractivity contribution in [2.45, 2.75) is 44.0 Å². The molecule has 1 aliphatic carbocycles. The molecule has 0 saturated heterocycles. The molecule has 1 aliphatic rings. The van der Waals surface area contributed by atoms with Crippen LogP contribution in [0.4, 0.5) is 27.6 Å². The summed E-state index contributed by atoms with van der Waals surface area (Å²) in [6.45, 7) is 0. The molecule has 0 spiro atoms. The fourth-order valence-electron chi connectivity index (χ4n) is 3.88. The van der Waals surface area contributed by atoms with Gasteiger partial charge in [-0.2, -0.15) is 13.2 Å². The lowest BCUT2D eigenvalue weighted by Gasteiger charge is -2.27. The second kappa shape index (κ2) is 11.2. The Kier molecular flexibility index (Phi) is 8.47. The predicted molar refractivity (Wildman–Crippen MR) is 125 cm³/mol. The largest absolute Gasteiger partial charge is 0.488 e. The standard InChI is InChI=1S/C24H21F5N4O2.ClH/c25-16-2-1-3-17(26)21(16)22-15(24(27,28)29)8-9-18(32-22)23(34)33-19-12-31-11-10-20(19)35-14-6-4-13(30)5-7-14;/h1-3,8-14H,4-7,30H2,(H,33,34);1H. The van der Waals surface area contributed by atoms with Crippen LogP contribution in [0.15, 0.2) is 48.8 Å². The summed E-state index contributed by atoms with van der Waals surface area (Å²) in [4.78, 5) is 20.5. The van der Waals surface area contributed by atoms with E-state index in [1.165, 1.54) is 12.4 Å². The molecule has 12 heteroatoms. The highest BCUT2D eigenvalue weighted by Crippen LogP contribution is 2.38. The Morgan fingerprint density at radius 2 is 1.69 bits per heavy atom. The number of carbonyl (C=O) groups excluding carboxylic acids is 1. The number of amides is 1. The number of nitrogens with one attached hydrogen (secondary N) is 1. The van der Waals surface area contributed by atoms with Crippen molar-refractivity contribution in [1.82, 2.24) is 9.97 Å². The summed E-state index contributed by atoms with van der Waals surface area (Å²) in [5, 5.41) is 2.51. The Morgan fingerprint density at radius 3 is 2.33 bits per heavy atom. The third-order valence-electron chi connectivity index (χ3n) is 5.67. The summed E-state index contributed by atoms with van der Waals surface area (Å²) in [6, 6.07) is 5.70. The monoisotopic (exact) mass is 528 g/mol. The van der Waals surface area contributed by atoms with Crippen LogP contribution in [-0.4, -0.2) is 28.0 Å². The number of halogens is 6. The van der Waals surface area contributed by atoms with Crippen molar-refractivity contribution in [3.63, 3.8) is 0 Å². The Hall–Kier alpha value is -3.31. The molecule has 1 aromatic carbocycles. The summed E-state index contributed by atoms with van der Waals surface area (Å²) in [5.74, 6) is -3.06. The van der Waals surface area contributed by atoms with Gasteiger partial charge in [-0.25, -0.2) is 13.8 Å². The van der Waals surface area contributed by atoms with Gasteiger partial charge in [0.05, 0.1) is 29.1 Å². The van der Waals surface area contributed by atoms with Crippen LogP contribution in [-0.2, 0) is 6.18 Å². The van der Waals surface area contributed by atoms with E-state index < -0.39 is 46.2 Å². The van der Waals surface area contributed by atoms with E-state index in [0.29, 0.717) is 11.8 Å². The van der Waals surface area contributed by atoms with Gasteiger partial charge in [0.25, 0.3) is 5.91 Å². The first-order valence-electron chi connectivity index (χ1n) is 10.8.